The lowest BCUT2D eigenvalue weighted by Crippen LogP contribution is -2.51. The van der Waals surface area contributed by atoms with E-state index in [1.165, 1.54) is 0 Å². The molecule has 1 aliphatic rings. The van der Waals surface area contributed by atoms with Crippen LogP contribution in [0.3, 0.4) is 0 Å². The number of urea groups is 1. The fraction of sp³-hybridized carbons (Fsp3) is 0.600. The number of methoxy groups -OCH3 is 1. The maximum Gasteiger partial charge on any atom is 0.319 e. The lowest BCUT2D eigenvalue weighted by Gasteiger charge is -2.39. The second kappa shape index (κ2) is 6.65. The van der Waals surface area contributed by atoms with Crippen molar-refractivity contribution in [1.29, 1.82) is 0 Å². The molecule has 1 unspecified atom stereocenters. The number of hydrogen-bond donors (Lipinski definition) is 0. The second-order valence-corrected chi connectivity index (χ2v) is 5.57. The zero-order valence-electron chi connectivity index (χ0n) is 13.2. The lowest BCUT2D eigenvalue weighted by atomic mass is 10.0. The summed E-state index contributed by atoms with van der Waals surface area (Å²) in [4.78, 5) is 22.2. The first-order valence-electron chi connectivity index (χ1n) is 7.23. The molecular weight excluding hydrogens is 268 g/mol. The van der Waals surface area contributed by atoms with Crippen molar-refractivity contribution in [3.05, 3.63) is 18.2 Å². The molecule has 2 amide bonds. The summed E-state index contributed by atoms with van der Waals surface area (Å²) in [6, 6.07) is 6.02. The highest BCUT2D eigenvalue weighted by Crippen LogP contribution is 2.22. The third kappa shape index (κ3) is 3.56. The second-order valence-electron chi connectivity index (χ2n) is 5.57. The van der Waals surface area contributed by atoms with Gasteiger partial charge in [-0.25, -0.2) is 4.79 Å². The highest BCUT2D eigenvalue weighted by atomic mass is 16.5. The van der Waals surface area contributed by atoms with E-state index < -0.39 is 0 Å². The molecule has 2 heterocycles. The monoisotopic (exact) mass is 292 g/mol. The SMILES string of the molecule is COc1cccc(N2CCCC(N(C)C(=O)N(C)C)C2)n1. The normalized spacial score (nSPS) is 18.3. The minimum absolute atomic E-state index is 0.0421. The molecule has 116 valence electrons. The molecule has 6 heteroatoms. The summed E-state index contributed by atoms with van der Waals surface area (Å²) >= 11 is 0. The highest BCUT2D eigenvalue weighted by molar-refractivity contribution is 5.74. The van der Waals surface area contributed by atoms with Crippen LogP contribution in [0, 0.1) is 0 Å². The smallest absolute Gasteiger partial charge is 0.319 e. The molecule has 1 saturated heterocycles. The molecule has 2 rings (SSSR count). The van der Waals surface area contributed by atoms with Gasteiger partial charge in [0.25, 0.3) is 0 Å². The van der Waals surface area contributed by atoms with Gasteiger partial charge in [-0.2, -0.15) is 4.98 Å². The fourth-order valence-electron chi connectivity index (χ4n) is 2.64. The molecule has 0 spiro atoms. The molecule has 0 radical (unpaired) electrons. The van der Waals surface area contributed by atoms with Crippen molar-refractivity contribution >= 4 is 11.8 Å². The number of aromatic nitrogens is 1. The summed E-state index contributed by atoms with van der Waals surface area (Å²) in [5.74, 6) is 1.53. The molecule has 1 aliphatic heterocycles. The number of carbonyl (C=O) groups excluding carboxylic acids is 1. The average molecular weight is 292 g/mol. The van der Waals surface area contributed by atoms with E-state index in [0.29, 0.717) is 5.88 Å². The van der Waals surface area contributed by atoms with Crippen LogP contribution in [0.25, 0.3) is 0 Å². The molecule has 21 heavy (non-hydrogen) atoms. The summed E-state index contributed by atoms with van der Waals surface area (Å²) in [7, 11) is 7.05. The van der Waals surface area contributed by atoms with E-state index in [1.54, 1.807) is 26.1 Å². The molecule has 0 aromatic carbocycles. The van der Waals surface area contributed by atoms with Crippen LogP contribution in [0.15, 0.2) is 18.2 Å². The Bertz CT molecular complexity index is 492. The van der Waals surface area contributed by atoms with Gasteiger partial charge in [0.05, 0.1) is 13.2 Å². The number of likely N-dealkylation sites (N-methyl/N-ethyl adjacent to an activating group) is 1. The van der Waals surface area contributed by atoms with E-state index in [-0.39, 0.29) is 12.1 Å². The summed E-state index contributed by atoms with van der Waals surface area (Å²) in [5.41, 5.74) is 0. The Morgan fingerprint density at radius 1 is 1.38 bits per heavy atom. The topological polar surface area (TPSA) is 48.9 Å². The number of ether oxygens (including phenoxy) is 1. The Morgan fingerprint density at radius 3 is 2.81 bits per heavy atom. The van der Waals surface area contributed by atoms with Gasteiger partial charge >= 0.3 is 6.03 Å². The molecule has 0 saturated carbocycles. The van der Waals surface area contributed by atoms with Crippen molar-refractivity contribution in [3.8, 4) is 5.88 Å². The van der Waals surface area contributed by atoms with Crippen molar-refractivity contribution in [3.63, 3.8) is 0 Å². The minimum Gasteiger partial charge on any atom is -0.481 e. The van der Waals surface area contributed by atoms with E-state index in [0.717, 1.165) is 31.7 Å². The van der Waals surface area contributed by atoms with Crippen molar-refractivity contribution in [2.45, 2.75) is 18.9 Å². The van der Waals surface area contributed by atoms with E-state index in [1.807, 2.05) is 30.1 Å². The number of piperidine rings is 1. The van der Waals surface area contributed by atoms with Gasteiger partial charge in [-0.1, -0.05) is 6.07 Å². The zero-order chi connectivity index (χ0) is 15.4. The van der Waals surface area contributed by atoms with Crippen LogP contribution in [0.1, 0.15) is 12.8 Å². The third-order valence-electron chi connectivity index (χ3n) is 3.87. The number of carbonyl (C=O) groups is 1. The number of amides is 2. The van der Waals surface area contributed by atoms with Gasteiger partial charge in [0, 0.05) is 40.3 Å². The van der Waals surface area contributed by atoms with Crippen molar-refractivity contribution in [1.82, 2.24) is 14.8 Å². The molecule has 1 aromatic rings. The minimum atomic E-state index is 0.0421. The van der Waals surface area contributed by atoms with Gasteiger partial charge in [0.2, 0.25) is 5.88 Å². The number of rotatable bonds is 3. The van der Waals surface area contributed by atoms with Crippen LogP contribution in [0.4, 0.5) is 10.6 Å². The van der Waals surface area contributed by atoms with Crippen molar-refractivity contribution in [2.24, 2.45) is 0 Å². The summed E-state index contributed by atoms with van der Waals surface area (Å²) in [5, 5.41) is 0. The van der Waals surface area contributed by atoms with Crippen molar-refractivity contribution < 1.29 is 9.53 Å². The first kappa shape index (κ1) is 15.4. The molecular formula is C15H24N4O2. The van der Waals surface area contributed by atoms with Crippen LogP contribution in [-0.2, 0) is 0 Å². The zero-order valence-corrected chi connectivity index (χ0v) is 13.2. The van der Waals surface area contributed by atoms with Crippen LogP contribution in [0.2, 0.25) is 0 Å². The predicted octanol–water partition coefficient (Wildman–Crippen LogP) is 1.67. The van der Waals surface area contributed by atoms with E-state index >= 15 is 0 Å². The summed E-state index contributed by atoms with van der Waals surface area (Å²) in [6.07, 6.45) is 2.07. The van der Waals surface area contributed by atoms with Crippen LogP contribution in [0.5, 0.6) is 5.88 Å². The van der Waals surface area contributed by atoms with Gasteiger partial charge in [0.1, 0.15) is 5.82 Å². The number of pyridine rings is 1. The Kier molecular flexibility index (Phi) is 4.88. The van der Waals surface area contributed by atoms with Crippen LogP contribution >= 0.6 is 0 Å². The standard InChI is InChI=1S/C15H24N4O2/c1-17(2)15(20)18(3)12-7-6-10-19(11-12)13-8-5-9-14(16-13)21-4/h5,8-9,12H,6-7,10-11H2,1-4H3. The Balaban J connectivity index is 2.08. The molecule has 1 atom stereocenters. The molecule has 1 fully saturated rings. The third-order valence-corrected chi connectivity index (χ3v) is 3.87. The predicted molar refractivity (Wildman–Crippen MR) is 82.9 cm³/mol. The van der Waals surface area contributed by atoms with Gasteiger partial charge in [0.15, 0.2) is 0 Å². The molecule has 0 bridgehead atoms. The summed E-state index contributed by atoms with van der Waals surface area (Å²) in [6.45, 7) is 1.76. The first-order valence-corrected chi connectivity index (χ1v) is 7.23. The Hall–Kier alpha value is -1.98. The molecule has 0 N–H and O–H groups in total. The molecule has 6 nitrogen and oxygen atoms in total. The highest BCUT2D eigenvalue weighted by Gasteiger charge is 2.27. The maximum atomic E-state index is 12.1. The Morgan fingerprint density at radius 2 is 2.14 bits per heavy atom. The lowest BCUT2D eigenvalue weighted by molar-refractivity contribution is 0.157. The van der Waals surface area contributed by atoms with Gasteiger partial charge in [-0.05, 0) is 18.9 Å². The van der Waals surface area contributed by atoms with Gasteiger partial charge < -0.3 is 19.4 Å². The van der Waals surface area contributed by atoms with E-state index in [9.17, 15) is 4.79 Å². The first-order chi connectivity index (χ1) is 10.0. The van der Waals surface area contributed by atoms with Crippen LogP contribution < -0.4 is 9.64 Å². The van der Waals surface area contributed by atoms with E-state index in [2.05, 4.69) is 9.88 Å². The summed E-state index contributed by atoms with van der Waals surface area (Å²) < 4.78 is 5.18. The van der Waals surface area contributed by atoms with Crippen molar-refractivity contribution in [2.75, 3.05) is 46.2 Å². The largest absolute Gasteiger partial charge is 0.481 e. The van der Waals surface area contributed by atoms with Gasteiger partial charge in [-0.3, -0.25) is 0 Å². The molecule has 0 aliphatic carbocycles. The number of anilines is 1. The van der Waals surface area contributed by atoms with Crippen LogP contribution in [-0.4, -0.2) is 68.2 Å². The molecule has 1 aromatic heterocycles. The number of hydrogen-bond acceptors (Lipinski definition) is 4. The fourth-order valence-corrected chi connectivity index (χ4v) is 2.64. The number of nitrogens with zero attached hydrogens (tertiary/aromatic N) is 4. The quantitative estimate of drug-likeness (QED) is 0.850. The maximum absolute atomic E-state index is 12.1. The Labute approximate surface area is 126 Å². The average Bonchev–Trinajstić information content (AvgIpc) is 2.53. The van der Waals surface area contributed by atoms with Gasteiger partial charge in [-0.15, -0.1) is 0 Å². The van der Waals surface area contributed by atoms with E-state index in [4.69, 9.17) is 4.74 Å².